The molecule has 3 heterocycles. The first-order valence-electron chi connectivity index (χ1n) is 10.8. The zero-order chi connectivity index (χ0) is 22.8. The molecule has 2 aromatic heterocycles. The SMILES string of the molecule is CC1CCCN(Cc2ccnc(OC/C=C/CNC(=O)CS(=O)(=O)Cc3ccoc3)c2)C1. The van der Waals surface area contributed by atoms with Crippen LogP contribution < -0.4 is 10.1 Å². The number of nitrogens with one attached hydrogen (secondary N) is 1. The van der Waals surface area contributed by atoms with Crippen LogP contribution in [0.15, 0.2) is 53.5 Å². The standard InChI is InChI=1S/C23H31N3O5S/c1-19-5-4-10-26(14-19)15-20-6-9-25-23(13-20)31-11-3-2-8-24-22(27)18-32(28,29)17-21-7-12-30-16-21/h2-3,6-7,9,12-13,16,19H,4-5,8,10-11,14-15,17-18H2,1H3,(H,24,27)/b3-2+. The second-order valence-corrected chi connectivity index (χ2v) is 10.3. The van der Waals surface area contributed by atoms with Gasteiger partial charge in [-0.3, -0.25) is 9.69 Å². The van der Waals surface area contributed by atoms with Crippen LogP contribution in [0, 0.1) is 5.92 Å². The molecule has 8 nitrogen and oxygen atoms in total. The zero-order valence-electron chi connectivity index (χ0n) is 18.4. The predicted molar refractivity (Wildman–Crippen MR) is 122 cm³/mol. The van der Waals surface area contributed by atoms with Crippen molar-refractivity contribution in [2.24, 2.45) is 5.92 Å². The second-order valence-electron chi connectivity index (χ2n) is 8.24. The number of carbonyl (C=O) groups excluding carboxylic acids is 1. The van der Waals surface area contributed by atoms with Gasteiger partial charge in [0.15, 0.2) is 9.84 Å². The van der Waals surface area contributed by atoms with Gasteiger partial charge in [0, 0.05) is 37.5 Å². The van der Waals surface area contributed by atoms with E-state index in [1.165, 1.54) is 30.9 Å². The number of furan rings is 1. The largest absolute Gasteiger partial charge is 0.473 e. The Hall–Kier alpha value is -2.65. The highest BCUT2D eigenvalue weighted by atomic mass is 32.2. The number of hydrogen-bond donors (Lipinski definition) is 1. The molecule has 0 aliphatic carbocycles. The van der Waals surface area contributed by atoms with Crippen LogP contribution in [0.4, 0.5) is 0 Å². The maximum Gasteiger partial charge on any atom is 0.235 e. The zero-order valence-corrected chi connectivity index (χ0v) is 19.2. The van der Waals surface area contributed by atoms with Crippen molar-refractivity contribution in [2.75, 3.05) is 32.0 Å². The summed E-state index contributed by atoms with van der Waals surface area (Å²) in [7, 11) is -3.54. The molecule has 32 heavy (non-hydrogen) atoms. The number of pyridine rings is 1. The van der Waals surface area contributed by atoms with E-state index in [9.17, 15) is 13.2 Å². The van der Waals surface area contributed by atoms with Gasteiger partial charge >= 0.3 is 0 Å². The summed E-state index contributed by atoms with van der Waals surface area (Å²) in [6.45, 7) is 5.98. The van der Waals surface area contributed by atoms with Gasteiger partial charge in [-0.05, 0) is 49.1 Å². The molecule has 1 aliphatic rings. The highest BCUT2D eigenvalue weighted by Gasteiger charge is 2.18. The number of nitrogens with zero attached hydrogens (tertiary/aromatic N) is 2. The molecule has 0 radical (unpaired) electrons. The Morgan fingerprint density at radius 3 is 3.00 bits per heavy atom. The summed E-state index contributed by atoms with van der Waals surface area (Å²) in [5.41, 5.74) is 1.70. The van der Waals surface area contributed by atoms with E-state index in [0.717, 1.165) is 25.6 Å². The lowest BCUT2D eigenvalue weighted by Gasteiger charge is -2.30. The van der Waals surface area contributed by atoms with Crippen LogP contribution in [-0.2, 0) is 26.9 Å². The van der Waals surface area contributed by atoms with E-state index in [1.54, 1.807) is 24.4 Å². The lowest BCUT2D eigenvalue weighted by Crippen LogP contribution is -2.33. The molecule has 2 aromatic rings. The molecular weight excluding hydrogens is 430 g/mol. The van der Waals surface area contributed by atoms with E-state index in [4.69, 9.17) is 9.15 Å². The first-order chi connectivity index (χ1) is 15.4. The van der Waals surface area contributed by atoms with Crippen molar-refractivity contribution < 1.29 is 22.4 Å². The van der Waals surface area contributed by atoms with Crippen molar-refractivity contribution in [3.05, 3.63) is 60.2 Å². The maximum atomic E-state index is 12.0. The average molecular weight is 462 g/mol. The normalized spacial score (nSPS) is 17.5. The summed E-state index contributed by atoms with van der Waals surface area (Å²) in [6, 6.07) is 5.54. The number of hydrogen-bond acceptors (Lipinski definition) is 7. The van der Waals surface area contributed by atoms with Gasteiger partial charge in [-0.25, -0.2) is 13.4 Å². The molecule has 174 valence electrons. The fraction of sp³-hybridized carbons (Fsp3) is 0.478. The van der Waals surface area contributed by atoms with Crippen LogP contribution >= 0.6 is 0 Å². The Kier molecular flexibility index (Phi) is 8.87. The third-order valence-electron chi connectivity index (χ3n) is 5.18. The summed E-state index contributed by atoms with van der Waals surface area (Å²) in [5, 5.41) is 2.57. The first-order valence-corrected chi connectivity index (χ1v) is 12.6. The van der Waals surface area contributed by atoms with E-state index in [1.807, 2.05) is 12.1 Å². The minimum atomic E-state index is -3.54. The number of aromatic nitrogens is 1. The third kappa shape index (κ3) is 8.47. The number of amides is 1. The molecule has 1 amide bonds. The number of piperidine rings is 1. The Balaban J connectivity index is 1.34. The van der Waals surface area contributed by atoms with E-state index in [0.29, 0.717) is 18.1 Å². The van der Waals surface area contributed by atoms with E-state index >= 15 is 0 Å². The van der Waals surface area contributed by atoms with E-state index in [2.05, 4.69) is 22.1 Å². The number of rotatable bonds is 11. The van der Waals surface area contributed by atoms with Gasteiger partial charge < -0.3 is 14.5 Å². The molecular formula is C23H31N3O5S. The Labute approximate surface area is 189 Å². The van der Waals surface area contributed by atoms with Crippen molar-refractivity contribution in [3.63, 3.8) is 0 Å². The van der Waals surface area contributed by atoms with E-state index in [-0.39, 0.29) is 12.3 Å². The topological polar surface area (TPSA) is 102 Å². The molecule has 1 N–H and O–H groups in total. The summed E-state index contributed by atoms with van der Waals surface area (Å²) >= 11 is 0. The number of likely N-dealkylation sites (tertiary alicyclic amines) is 1. The van der Waals surface area contributed by atoms with Gasteiger partial charge in [0.05, 0.1) is 18.3 Å². The highest BCUT2D eigenvalue weighted by Crippen LogP contribution is 2.19. The van der Waals surface area contributed by atoms with Crippen molar-refractivity contribution in [2.45, 2.75) is 32.1 Å². The number of ether oxygens (including phenoxy) is 1. The van der Waals surface area contributed by atoms with Crippen LogP contribution in [0.3, 0.4) is 0 Å². The van der Waals surface area contributed by atoms with Gasteiger partial charge in [-0.2, -0.15) is 0 Å². The van der Waals surface area contributed by atoms with Gasteiger partial charge in [0.2, 0.25) is 11.8 Å². The molecule has 9 heteroatoms. The number of carbonyl (C=O) groups is 1. The van der Waals surface area contributed by atoms with Gasteiger partial charge in [0.1, 0.15) is 12.4 Å². The minimum absolute atomic E-state index is 0.219. The monoisotopic (exact) mass is 461 g/mol. The van der Waals surface area contributed by atoms with Crippen LogP contribution in [-0.4, -0.2) is 56.2 Å². The first kappa shape index (κ1) is 24.0. The molecule has 0 spiro atoms. The minimum Gasteiger partial charge on any atom is -0.473 e. The third-order valence-corrected chi connectivity index (χ3v) is 6.65. The lowest BCUT2D eigenvalue weighted by molar-refractivity contribution is -0.118. The fourth-order valence-corrected chi connectivity index (χ4v) is 4.98. The highest BCUT2D eigenvalue weighted by molar-refractivity contribution is 7.91. The number of sulfone groups is 1. The van der Waals surface area contributed by atoms with Crippen molar-refractivity contribution >= 4 is 15.7 Å². The fourth-order valence-electron chi connectivity index (χ4n) is 3.70. The quantitative estimate of drug-likeness (QED) is 0.513. The molecule has 1 aliphatic heterocycles. The Bertz CT molecular complexity index is 989. The summed E-state index contributed by atoms with van der Waals surface area (Å²) in [6.07, 6.45) is 10.5. The van der Waals surface area contributed by atoms with Crippen molar-refractivity contribution in [1.82, 2.24) is 15.2 Å². The predicted octanol–water partition coefficient (Wildman–Crippen LogP) is 2.57. The molecule has 1 atom stereocenters. The summed E-state index contributed by atoms with van der Waals surface area (Å²) < 4.78 is 34.6. The van der Waals surface area contributed by atoms with Gasteiger partial charge in [-0.1, -0.05) is 13.0 Å². The molecule has 1 saturated heterocycles. The van der Waals surface area contributed by atoms with Gasteiger partial charge in [0.25, 0.3) is 0 Å². The average Bonchev–Trinajstić information content (AvgIpc) is 3.22. The molecule has 0 saturated carbocycles. The molecule has 0 aromatic carbocycles. The smallest absolute Gasteiger partial charge is 0.235 e. The van der Waals surface area contributed by atoms with Crippen LogP contribution in [0.1, 0.15) is 30.9 Å². The van der Waals surface area contributed by atoms with Crippen molar-refractivity contribution in [3.8, 4) is 5.88 Å². The van der Waals surface area contributed by atoms with Gasteiger partial charge in [-0.15, -0.1) is 0 Å². The molecule has 1 unspecified atom stereocenters. The molecule has 3 rings (SSSR count). The van der Waals surface area contributed by atoms with E-state index < -0.39 is 21.5 Å². The van der Waals surface area contributed by atoms with Crippen LogP contribution in [0.25, 0.3) is 0 Å². The Morgan fingerprint density at radius 1 is 1.34 bits per heavy atom. The van der Waals surface area contributed by atoms with Crippen LogP contribution in [0.5, 0.6) is 5.88 Å². The summed E-state index contributed by atoms with van der Waals surface area (Å²) in [4.78, 5) is 18.6. The maximum absolute atomic E-state index is 12.0. The van der Waals surface area contributed by atoms with Crippen LogP contribution in [0.2, 0.25) is 0 Å². The molecule has 0 bridgehead atoms. The second kappa shape index (κ2) is 11.8. The Morgan fingerprint density at radius 2 is 2.22 bits per heavy atom. The summed E-state index contributed by atoms with van der Waals surface area (Å²) in [5.74, 6) is -0.0195. The van der Waals surface area contributed by atoms with Crippen molar-refractivity contribution in [1.29, 1.82) is 0 Å². The lowest BCUT2D eigenvalue weighted by atomic mass is 10.00. The molecule has 1 fully saturated rings.